The summed E-state index contributed by atoms with van der Waals surface area (Å²) in [7, 11) is 1.70. The monoisotopic (exact) mass is 399 g/mol. The Kier molecular flexibility index (Phi) is 12.9. The number of hydrogen-bond acceptors (Lipinski definition) is 6. The number of hydrogen-bond donors (Lipinski definition) is 3. The van der Waals surface area contributed by atoms with Crippen LogP contribution in [0.4, 0.5) is 0 Å². The highest BCUT2D eigenvalue weighted by atomic mass is 16.5. The molecule has 0 aliphatic carbocycles. The molecule has 0 saturated heterocycles. The predicted molar refractivity (Wildman–Crippen MR) is 106 cm³/mol. The highest BCUT2D eigenvalue weighted by molar-refractivity contribution is 6.27. The van der Waals surface area contributed by atoms with Crippen LogP contribution in [0.15, 0.2) is 18.2 Å². The molecule has 0 unspecified atom stereocenters. The van der Waals surface area contributed by atoms with Crippen LogP contribution in [-0.2, 0) is 24.5 Å². The summed E-state index contributed by atoms with van der Waals surface area (Å²) in [5.74, 6) is -2.71. The lowest BCUT2D eigenvalue weighted by Crippen LogP contribution is -2.24. The Morgan fingerprint density at radius 1 is 1.00 bits per heavy atom. The molecule has 8 nitrogen and oxygen atoms in total. The molecule has 0 aliphatic rings. The molecule has 28 heavy (non-hydrogen) atoms. The Morgan fingerprint density at radius 2 is 1.61 bits per heavy atom. The van der Waals surface area contributed by atoms with Crippen molar-refractivity contribution in [2.75, 3.05) is 46.6 Å². The number of rotatable bonds is 10. The van der Waals surface area contributed by atoms with Gasteiger partial charge < -0.3 is 29.7 Å². The lowest BCUT2D eigenvalue weighted by molar-refractivity contribution is -0.159. The molecule has 1 aromatic carbocycles. The average Bonchev–Trinajstić information content (AvgIpc) is 2.61. The van der Waals surface area contributed by atoms with Gasteiger partial charge in [-0.2, -0.15) is 0 Å². The fourth-order valence-corrected chi connectivity index (χ4v) is 2.03. The van der Waals surface area contributed by atoms with E-state index in [-0.39, 0.29) is 5.41 Å². The van der Waals surface area contributed by atoms with Gasteiger partial charge >= 0.3 is 11.9 Å². The van der Waals surface area contributed by atoms with Crippen molar-refractivity contribution in [1.82, 2.24) is 5.32 Å². The Labute approximate surface area is 166 Å². The second-order valence-corrected chi connectivity index (χ2v) is 7.04. The fraction of sp³-hybridized carbons (Fsp3) is 0.600. The molecule has 0 aliphatic heterocycles. The number of carbonyl (C=O) groups is 2. The number of methoxy groups -OCH3 is 1. The Morgan fingerprint density at radius 3 is 2.11 bits per heavy atom. The number of carboxylic acids is 2. The van der Waals surface area contributed by atoms with E-state index in [0.717, 1.165) is 25.4 Å². The number of carboxylic acid groups (broad SMARTS) is 2. The first-order valence-electron chi connectivity index (χ1n) is 9.07. The minimum absolute atomic E-state index is 0.169. The van der Waals surface area contributed by atoms with E-state index in [9.17, 15) is 0 Å². The van der Waals surface area contributed by atoms with Crippen LogP contribution in [0, 0.1) is 6.92 Å². The summed E-state index contributed by atoms with van der Waals surface area (Å²) >= 11 is 0. The van der Waals surface area contributed by atoms with Crippen LogP contribution in [-0.4, -0.2) is 68.8 Å². The summed E-state index contributed by atoms with van der Waals surface area (Å²) in [5.41, 5.74) is 2.67. The van der Waals surface area contributed by atoms with Crippen molar-refractivity contribution >= 4 is 11.9 Å². The molecule has 0 aromatic heterocycles. The van der Waals surface area contributed by atoms with Crippen molar-refractivity contribution in [3.8, 4) is 5.75 Å². The van der Waals surface area contributed by atoms with E-state index in [1.807, 2.05) is 0 Å². The molecule has 0 bridgehead atoms. The summed E-state index contributed by atoms with van der Waals surface area (Å²) in [5, 5.41) is 18.0. The van der Waals surface area contributed by atoms with Crippen LogP contribution in [0.1, 0.15) is 31.9 Å². The number of aliphatic carboxylic acids is 2. The van der Waals surface area contributed by atoms with Crippen LogP contribution in [0.3, 0.4) is 0 Å². The summed E-state index contributed by atoms with van der Waals surface area (Å²) < 4.78 is 16.3. The van der Waals surface area contributed by atoms with Crippen LogP contribution < -0.4 is 10.1 Å². The van der Waals surface area contributed by atoms with Gasteiger partial charge in [-0.1, -0.05) is 32.9 Å². The molecule has 0 fully saturated rings. The second kappa shape index (κ2) is 13.9. The summed E-state index contributed by atoms with van der Waals surface area (Å²) in [6.07, 6.45) is 0. The zero-order valence-electron chi connectivity index (χ0n) is 17.4. The minimum Gasteiger partial charge on any atom is -0.491 e. The van der Waals surface area contributed by atoms with E-state index in [2.05, 4.69) is 51.2 Å². The fourth-order valence-electron chi connectivity index (χ4n) is 2.03. The normalized spacial score (nSPS) is 10.8. The van der Waals surface area contributed by atoms with Crippen LogP contribution >= 0.6 is 0 Å². The quantitative estimate of drug-likeness (QED) is 0.405. The first-order valence-corrected chi connectivity index (χ1v) is 9.07. The van der Waals surface area contributed by atoms with Gasteiger partial charge in [-0.15, -0.1) is 0 Å². The third-order valence-corrected chi connectivity index (χ3v) is 3.62. The van der Waals surface area contributed by atoms with Crippen molar-refractivity contribution in [3.05, 3.63) is 29.3 Å². The van der Waals surface area contributed by atoms with Crippen molar-refractivity contribution in [1.29, 1.82) is 0 Å². The summed E-state index contributed by atoms with van der Waals surface area (Å²) in [6.45, 7) is 13.0. The molecule has 0 heterocycles. The lowest BCUT2D eigenvalue weighted by atomic mass is 9.86. The zero-order chi connectivity index (χ0) is 21.6. The van der Waals surface area contributed by atoms with Crippen molar-refractivity contribution in [3.63, 3.8) is 0 Å². The third kappa shape index (κ3) is 12.3. The smallest absolute Gasteiger partial charge is 0.414 e. The van der Waals surface area contributed by atoms with Crippen molar-refractivity contribution in [2.45, 2.75) is 33.1 Å². The minimum atomic E-state index is -1.82. The largest absolute Gasteiger partial charge is 0.491 e. The molecule has 0 atom stereocenters. The average molecular weight is 399 g/mol. The van der Waals surface area contributed by atoms with Gasteiger partial charge in [0.15, 0.2) is 0 Å². The molecule has 0 radical (unpaired) electrons. The number of nitrogens with one attached hydrogen (secondary N) is 1. The molecule has 0 amide bonds. The molecular weight excluding hydrogens is 366 g/mol. The van der Waals surface area contributed by atoms with E-state index in [1.165, 1.54) is 11.1 Å². The molecule has 1 aromatic rings. The highest BCUT2D eigenvalue weighted by Crippen LogP contribution is 2.27. The maximum absolute atomic E-state index is 9.10. The van der Waals surface area contributed by atoms with E-state index in [1.54, 1.807) is 7.11 Å². The molecule has 1 rings (SSSR count). The maximum Gasteiger partial charge on any atom is 0.414 e. The van der Waals surface area contributed by atoms with Gasteiger partial charge in [0, 0.05) is 20.2 Å². The lowest BCUT2D eigenvalue weighted by Gasteiger charge is -2.20. The number of benzene rings is 1. The SMILES string of the molecule is COCCNCCOCCOc1ccc(C(C)(C)C)cc1C.O=C(O)C(=O)O. The summed E-state index contributed by atoms with van der Waals surface area (Å²) in [4.78, 5) is 18.2. The van der Waals surface area contributed by atoms with Gasteiger partial charge in [0.25, 0.3) is 0 Å². The van der Waals surface area contributed by atoms with E-state index in [4.69, 9.17) is 34.0 Å². The van der Waals surface area contributed by atoms with Gasteiger partial charge in [-0.05, 0) is 29.5 Å². The van der Waals surface area contributed by atoms with Crippen LogP contribution in [0.5, 0.6) is 5.75 Å². The summed E-state index contributed by atoms with van der Waals surface area (Å²) in [6, 6.07) is 6.40. The zero-order valence-corrected chi connectivity index (χ0v) is 17.4. The Bertz CT molecular complexity index is 585. The van der Waals surface area contributed by atoms with Gasteiger partial charge in [0.1, 0.15) is 12.4 Å². The number of ether oxygens (including phenoxy) is 3. The molecule has 160 valence electrons. The molecule has 3 N–H and O–H groups in total. The van der Waals surface area contributed by atoms with Crippen molar-refractivity contribution < 1.29 is 34.0 Å². The van der Waals surface area contributed by atoms with Crippen LogP contribution in [0.2, 0.25) is 0 Å². The molecule has 0 spiro atoms. The molecule has 0 saturated carbocycles. The van der Waals surface area contributed by atoms with Gasteiger partial charge in [0.2, 0.25) is 0 Å². The first-order chi connectivity index (χ1) is 13.1. The van der Waals surface area contributed by atoms with E-state index in [0.29, 0.717) is 19.8 Å². The Balaban J connectivity index is 0.00000105. The number of aryl methyl sites for hydroxylation is 1. The molecule has 8 heteroatoms. The molecular formula is C20H33NO7. The van der Waals surface area contributed by atoms with Gasteiger partial charge in [-0.25, -0.2) is 9.59 Å². The predicted octanol–water partition coefficient (Wildman–Crippen LogP) is 2.08. The van der Waals surface area contributed by atoms with Crippen molar-refractivity contribution in [2.24, 2.45) is 0 Å². The first kappa shape index (κ1) is 25.8. The van der Waals surface area contributed by atoms with Crippen LogP contribution in [0.25, 0.3) is 0 Å². The highest BCUT2D eigenvalue weighted by Gasteiger charge is 2.14. The van der Waals surface area contributed by atoms with E-state index >= 15 is 0 Å². The standard InChI is InChI=1S/C18H31NO3.C2H2O4/c1-15-14-16(18(2,3)4)6-7-17(15)22-13-12-21-11-9-19-8-10-20-5;3-1(4)2(5)6/h6-7,14,19H,8-13H2,1-5H3;(H,3,4)(H,5,6). The third-order valence-electron chi connectivity index (χ3n) is 3.62. The Hall–Kier alpha value is -2.16. The van der Waals surface area contributed by atoms with Gasteiger partial charge in [0.05, 0.1) is 19.8 Å². The maximum atomic E-state index is 9.10. The van der Waals surface area contributed by atoms with E-state index < -0.39 is 11.9 Å². The topological polar surface area (TPSA) is 114 Å². The second-order valence-electron chi connectivity index (χ2n) is 7.04. The van der Waals surface area contributed by atoms with Gasteiger partial charge in [-0.3, -0.25) is 0 Å².